The van der Waals surface area contributed by atoms with Crippen LogP contribution in [0.5, 0.6) is 0 Å². The molecule has 0 aromatic heterocycles. The number of ether oxygens (including phenoxy) is 1. The number of primary amides is 1. The molecular formula is C7H13NO2. The van der Waals surface area contributed by atoms with Gasteiger partial charge in [-0.05, 0) is 13.8 Å². The van der Waals surface area contributed by atoms with Gasteiger partial charge in [-0.3, -0.25) is 4.79 Å². The Morgan fingerprint density at radius 2 is 2.30 bits per heavy atom. The zero-order valence-corrected chi connectivity index (χ0v) is 6.39. The minimum absolute atomic E-state index is 0.343. The number of nitrogens with two attached hydrogens (primary N) is 1. The van der Waals surface area contributed by atoms with E-state index in [1.165, 1.54) is 0 Å². The van der Waals surface area contributed by atoms with Crippen LogP contribution in [0.15, 0.2) is 12.7 Å². The van der Waals surface area contributed by atoms with Crippen molar-refractivity contribution >= 4 is 5.91 Å². The Kier molecular flexibility index (Phi) is 3.09. The van der Waals surface area contributed by atoms with Gasteiger partial charge in [0.25, 0.3) is 0 Å². The summed E-state index contributed by atoms with van der Waals surface area (Å²) in [5, 5.41) is 0. The number of amides is 1. The number of carbonyl (C=O) groups excluding carboxylic acids is 1. The lowest BCUT2D eigenvalue weighted by molar-refractivity contribution is -0.137. The topological polar surface area (TPSA) is 52.3 Å². The van der Waals surface area contributed by atoms with Gasteiger partial charge in [-0.15, -0.1) is 6.58 Å². The highest BCUT2D eigenvalue weighted by Crippen LogP contribution is 2.06. The molecule has 0 fully saturated rings. The lowest BCUT2D eigenvalue weighted by atomic mass is 10.1. The Balaban J connectivity index is 3.86. The largest absolute Gasteiger partial charge is 0.367 e. The third kappa shape index (κ3) is 2.64. The van der Waals surface area contributed by atoms with Gasteiger partial charge in [-0.25, -0.2) is 0 Å². The predicted molar refractivity (Wildman–Crippen MR) is 39.4 cm³/mol. The average Bonchev–Trinajstić information content (AvgIpc) is 1.84. The van der Waals surface area contributed by atoms with E-state index in [-0.39, 0.29) is 0 Å². The fraction of sp³-hybridized carbons (Fsp3) is 0.571. The quantitative estimate of drug-likeness (QED) is 0.581. The highest BCUT2D eigenvalue weighted by molar-refractivity contribution is 5.82. The van der Waals surface area contributed by atoms with Crippen LogP contribution in [0.25, 0.3) is 0 Å². The van der Waals surface area contributed by atoms with E-state index in [1.807, 2.05) is 0 Å². The van der Waals surface area contributed by atoms with Crippen molar-refractivity contribution < 1.29 is 9.53 Å². The standard InChI is InChI=1S/C7H13NO2/c1-4-5-10-7(2,3)6(8)9/h4H,1,5H2,2-3H3,(H2,8,9). The molecular weight excluding hydrogens is 130 g/mol. The summed E-state index contributed by atoms with van der Waals surface area (Å²) in [5.41, 5.74) is 4.13. The molecule has 0 heterocycles. The zero-order valence-electron chi connectivity index (χ0n) is 6.39. The maximum Gasteiger partial charge on any atom is 0.249 e. The van der Waals surface area contributed by atoms with Gasteiger partial charge in [0.1, 0.15) is 5.60 Å². The average molecular weight is 143 g/mol. The van der Waals surface area contributed by atoms with Crippen LogP contribution < -0.4 is 5.73 Å². The van der Waals surface area contributed by atoms with E-state index in [1.54, 1.807) is 19.9 Å². The molecule has 0 bridgehead atoms. The first kappa shape index (κ1) is 9.17. The van der Waals surface area contributed by atoms with Gasteiger partial charge in [0.05, 0.1) is 6.61 Å². The van der Waals surface area contributed by atoms with Crippen molar-refractivity contribution in [3.05, 3.63) is 12.7 Å². The lowest BCUT2D eigenvalue weighted by Crippen LogP contribution is -2.40. The van der Waals surface area contributed by atoms with E-state index in [2.05, 4.69) is 6.58 Å². The lowest BCUT2D eigenvalue weighted by Gasteiger charge is -2.19. The van der Waals surface area contributed by atoms with Crippen LogP contribution in [0.1, 0.15) is 13.8 Å². The van der Waals surface area contributed by atoms with Gasteiger partial charge in [-0.2, -0.15) is 0 Å². The van der Waals surface area contributed by atoms with Crippen LogP contribution in [-0.2, 0) is 9.53 Å². The molecule has 0 aromatic carbocycles. The molecule has 0 spiro atoms. The molecule has 10 heavy (non-hydrogen) atoms. The molecule has 0 aliphatic heterocycles. The van der Waals surface area contributed by atoms with Crippen LogP contribution in [0.2, 0.25) is 0 Å². The molecule has 2 N–H and O–H groups in total. The molecule has 0 saturated heterocycles. The smallest absolute Gasteiger partial charge is 0.249 e. The molecule has 58 valence electrons. The summed E-state index contributed by atoms with van der Waals surface area (Å²) in [7, 11) is 0. The minimum Gasteiger partial charge on any atom is -0.367 e. The second kappa shape index (κ2) is 3.37. The Morgan fingerprint density at radius 3 is 2.60 bits per heavy atom. The summed E-state index contributed by atoms with van der Waals surface area (Å²) in [4.78, 5) is 10.6. The Hall–Kier alpha value is -0.830. The summed E-state index contributed by atoms with van der Waals surface area (Å²) < 4.78 is 5.05. The van der Waals surface area contributed by atoms with Gasteiger partial charge < -0.3 is 10.5 Å². The van der Waals surface area contributed by atoms with Crippen molar-refractivity contribution in [1.29, 1.82) is 0 Å². The Labute approximate surface area is 60.9 Å². The van der Waals surface area contributed by atoms with E-state index in [9.17, 15) is 4.79 Å². The molecule has 1 amide bonds. The second-order valence-electron chi connectivity index (χ2n) is 2.47. The molecule has 0 aromatic rings. The molecule has 0 saturated carbocycles. The van der Waals surface area contributed by atoms with Crippen molar-refractivity contribution in [3.8, 4) is 0 Å². The van der Waals surface area contributed by atoms with Crippen LogP contribution in [0, 0.1) is 0 Å². The van der Waals surface area contributed by atoms with Gasteiger partial charge in [0, 0.05) is 0 Å². The zero-order chi connectivity index (χ0) is 8.20. The molecule has 0 atom stereocenters. The highest BCUT2D eigenvalue weighted by atomic mass is 16.5. The monoisotopic (exact) mass is 143 g/mol. The third-order valence-corrected chi connectivity index (χ3v) is 1.16. The third-order valence-electron chi connectivity index (χ3n) is 1.16. The summed E-state index contributed by atoms with van der Waals surface area (Å²) in [6, 6.07) is 0. The fourth-order valence-electron chi connectivity index (χ4n) is 0.338. The summed E-state index contributed by atoms with van der Waals surface area (Å²) in [5.74, 6) is -0.464. The summed E-state index contributed by atoms with van der Waals surface area (Å²) in [6.07, 6.45) is 1.57. The van der Waals surface area contributed by atoms with E-state index in [0.29, 0.717) is 6.61 Å². The maximum atomic E-state index is 10.6. The Morgan fingerprint density at radius 1 is 1.80 bits per heavy atom. The maximum absolute atomic E-state index is 10.6. The number of rotatable bonds is 4. The summed E-state index contributed by atoms with van der Waals surface area (Å²) in [6.45, 7) is 7.04. The first-order chi connectivity index (χ1) is 4.50. The first-order valence-corrected chi connectivity index (χ1v) is 3.05. The van der Waals surface area contributed by atoms with Crippen molar-refractivity contribution in [3.63, 3.8) is 0 Å². The van der Waals surface area contributed by atoms with Gasteiger partial charge in [-0.1, -0.05) is 6.08 Å². The molecule has 3 nitrogen and oxygen atoms in total. The Bertz CT molecular complexity index is 141. The van der Waals surface area contributed by atoms with E-state index in [4.69, 9.17) is 10.5 Å². The van der Waals surface area contributed by atoms with Gasteiger partial charge in [0.15, 0.2) is 0 Å². The van der Waals surface area contributed by atoms with Gasteiger partial charge in [0.2, 0.25) is 5.91 Å². The SMILES string of the molecule is C=CCOC(C)(C)C(N)=O. The van der Waals surface area contributed by atoms with E-state index >= 15 is 0 Å². The van der Waals surface area contributed by atoms with Crippen LogP contribution in [0.3, 0.4) is 0 Å². The van der Waals surface area contributed by atoms with Crippen LogP contribution in [0.4, 0.5) is 0 Å². The molecule has 0 radical (unpaired) electrons. The normalized spacial score (nSPS) is 11.0. The van der Waals surface area contributed by atoms with Crippen molar-refractivity contribution in [2.75, 3.05) is 6.61 Å². The molecule has 0 aliphatic rings. The first-order valence-electron chi connectivity index (χ1n) is 3.05. The predicted octanol–water partition coefficient (Wildman–Crippen LogP) is 0.453. The number of hydrogen-bond acceptors (Lipinski definition) is 2. The van der Waals surface area contributed by atoms with Crippen LogP contribution >= 0.6 is 0 Å². The van der Waals surface area contributed by atoms with E-state index < -0.39 is 11.5 Å². The molecule has 0 rings (SSSR count). The van der Waals surface area contributed by atoms with E-state index in [0.717, 1.165) is 0 Å². The van der Waals surface area contributed by atoms with Crippen molar-refractivity contribution in [1.82, 2.24) is 0 Å². The second-order valence-corrected chi connectivity index (χ2v) is 2.47. The van der Waals surface area contributed by atoms with Crippen molar-refractivity contribution in [2.45, 2.75) is 19.4 Å². The summed E-state index contributed by atoms with van der Waals surface area (Å²) >= 11 is 0. The molecule has 0 unspecified atom stereocenters. The number of hydrogen-bond donors (Lipinski definition) is 1. The fourth-order valence-corrected chi connectivity index (χ4v) is 0.338. The molecule has 0 aliphatic carbocycles. The number of carbonyl (C=O) groups is 1. The minimum atomic E-state index is -0.881. The van der Waals surface area contributed by atoms with Crippen molar-refractivity contribution in [2.24, 2.45) is 5.73 Å². The molecule has 3 heteroatoms. The van der Waals surface area contributed by atoms with Crippen LogP contribution in [-0.4, -0.2) is 18.1 Å². The van der Waals surface area contributed by atoms with Gasteiger partial charge >= 0.3 is 0 Å². The highest BCUT2D eigenvalue weighted by Gasteiger charge is 2.24.